The lowest BCUT2D eigenvalue weighted by Gasteiger charge is -2.09. The van der Waals surface area contributed by atoms with Gasteiger partial charge in [0, 0.05) is 18.8 Å². The maximum Gasteiger partial charge on any atom is 0.150 e. The maximum atomic E-state index is 11.1. The van der Waals surface area contributed by atoms with Gasteiger partial charge in [0.2, 0.25) is 0 Å². The van der Waals surface area contributed by atoms with Crippen molar-refractivity contribution in [1.29, 1.82) is 0 Å². The highest BCUT2D eigenvalue weighted by molar-refractivity contribution is 7.91. The molecule has 0 bridgehead atoms. The minimum atomic E-state index is -2.77. The number of nitrogens with zero attached hydrogens (tertiary/aromatic N) is 1. The van der Waals surface area contributed by atoms with Gasteiger partial charge in [-0.3, -0.25) is 0 Å². The van der Waals surface area contributed by atoms with Gasteiger partial charge in [0.25, 0.3) is 0 Å². The lowest BCUT2D eigenvalue weighted by molar-refractivity contribution is 0.400. The van der Waals surface area contributed by atoms with Gasteiger partial charge in [0.1, 0.15) is 9.84 Å². The molecule has 0 aliphatic rings. The molecule has 0 fully saturated rings. The molecule has 0 aliphatic heterocycles. The van der Waals surface area contributed by atoms with Crippen LogP contribution in [-0.4, -0.2) is 58.6 Å². The first kappa shape index (κ1) is 13.9. The van der Waals surface area contributed by atoms with E-state index in [-0.39, 0.29) is 5.75 Å². The van der Waals surface area contributed by atoms with Crippen LogP contribution >= 0.6 is 0 Å². The Balaban J connectivity index is 3.31. The quantitative estimate of drug-likeness (QED) is 0.586. The highest BCUT2D eigenvalue weighted by Gasteiger charge is 2.05. The Hall–Kier alpha value is -0.130. The largest absolute Gasteiger partial charge is 0.315 e. The second kappa shape index (κ2) is 7.20. The second-order valence-electron chi connectivity index (χ2n) is 3.64. The molecule has 0 amide bonds. The molecule has 5 heteroatoms. The molecule has 0 rings (SSSR count). The first-order chi connectivity index (χ1) is 6.48. The minimum Gasteiger partial charge on any atom is -0.315 e. The first-order valence-electron chi connectivity index (χ1n) is 5.04. The number of rotatable bonds is 8. The van der Waals surface area contributed by atoms with Crippen molar-refractivity contribution in [3.05, 3.63) is 0 Å². The van der Waals surface area contributed by atoms with E-state index in [1.807, 2.05) is 14.1 Å². The Labute approximate surface area is 87.6 Å². The molecule has 0 saturated heterocycles. The van der Waals surface area contributed by atoms with Crippen LogP contribution in [-0.2, 0) is 9.84 Å². The SMILES string of the molecule is CCS(=O)(=O)CCCNCCN(C)C. The number of hydrogen-bond donors (Lipinski definition) is 1. The van der Waals surface area contributed by atoms with Crippen molar-refractivity contribution < 1.29 is 8.42 Å². The van der Waals surface area contributed by atoms with E-state index < -0.39 is 9.84 Å². The van der Waals surface area contributed by atoms with Crippen LogP contribution in [0.2, 0.25) is 0 Å². The molecule has 0 radical (unpaired) electrons. The lowest BCUT2D eigenvalue weighted by atomic mass is 10.4. The van der Waals surface area contributed by atoms with Crippen LogP contribution in [0.15, 0.2) is 0 Å². The molecule has 0 aromatic heterocycles. The summed E-state index contributed by atoms with van der Waals surface area (Å²) >= 11 is 0. The van der Waals surface area contributed by atoms with Gasteiger partial charge in [0.05, 0.1) is 5.75 Å². The van der Waals surface area contributed by atoms with E-state index in [4.69, 9.17) is 0 Å². The summed E-state index contributed by atoms with van der Waals surface area (Å²) in [4.78, 5) is 2.09. The average molecular weight is 222 g/mol. The molecule has 0 aromatic carbocycles. The monoisotopic (exact) mass is 222 g/mol. The Morgan fingerprint density at radius 3 is 2.36 bits per heavy atom. The molecule has 0 aliphatic carbocycles. The Bertz CT molecular complexity index is 225. The summed E-state index contributed by atoms with van der Waals surface area (Å²) in [7, 11) is 1.26. The topological polar surface area (TPSA) is 49.4 Å². The zero-order chi connectivity index (χ0) is 11.0. The van der Waals surface area contributed by atoms with E-state index in [1.54, 1.807) is 6.92 Å². The summed E-state index contributed by atoms with van der Waals surface area (Å²) in [5.41, 5.74) is 0. The summed E-state index contributed by atoms with van der Waals surface area (Å²) in [6.45, 7) is 4.38. The van der Waals surface area contributed by atoms with Gasteiger partial charge in [-0.15, -0.1) is 0 Å². The summed E-state index contributed by atoms with van der Waals surface area (Å²) in [5.74, 6) is 0.559. The predicted octanol–water partition coefficient (Wildman–Crippen LogP) is -0.0376. The van der Waals surface area contributed by atoms with Crippen LogP contribution in [0.3, 0.4) is 0 Å². The van der Waals surface area contributed by atoms with Crippen molar-refractivity contribution in [3.8, 4) is 0 Å². The highest BCUT2D eigenvalue weighted by atomic mass is 32.2. The second-order valence-corrected chi connectivity index (χ2v) is 6.12. The molecule has 14 heavy (non-hydrogen) atoms. The Kier molecular flexibility index (Phi) is 7.13. The average Bonchev–Trinajstić information content (AvgIpc) is 2.10. The van der Waals surface area contributed by atoms with Gasteiger partial charge in [-0.05, 0) is 27.1 Å². The van der Waals surface area contributed by atoms with Gasteiger partial charge < -0.3 is 10.2 Å². The third-order valence-corrected chi connectivity index (χ3v) is 3.77. The molecule has 0 spiro atoms. The van der Waals surface area contributed by atoms with E-state index in [0.717, 1.165) is 19.6 Å². The van der Waals surface area contributed by atoms with Crippen LogP contribution in [0.1, 0.15) is 13.3 Å². The van der Waals surface area contributed by atoms with Crippen molar-refractivity contribution in [1.82, 2.24) is 10.2 Å². The zero-order valence-corrected chi connectivity index (χ0v) is 10.2. The number of hydrogen-bond acceptors (Lipinski definition) is 4. The van der Waals surface area contributed by atoms with Crippen molar-refractivity contribution in [2.24, 2.45) is 0 Å². The highest BCUT2D eigenvalue weighted by Crippen LogP contribution is 1.91. The molecule has 0 heterocycles. The van der Waals surface area contributed by atoms with Crippen molar-refractivity contribution in [2.75, 3.05) is 45.2 Å². The molecule has 4 nitrogen and oxygen atoms in total. The standard InChI is InChI=1S/C9H22N2O2S/c1-4-14(12,13)9-5-6-10-7-8-11(2)3/h10H,4-9H2,1-3H3. The van der Waals surface area contributed by atoms with Crippen molar-refractivity contribution >= 4 is 9.84 Å². The van der Waals surface area contributed by atoms with Crippen molar-refractivity contribution in [2.45, 2.75) is 13.3 Å². The number of nitrogens with one attached hydrogen (secondary N) is 1. The van der Waals surface area contributed by atoms with E-state index >= 15 is 0 Å². The molecule has 0 unspecified atom stereocenters. The number of likely N-dealkylation sites (N-methyl/N-ethyl adjacent to an activating group) is 1. The Morgan fingerprint density at radius 1 is 1.21 bits per heavy atom. The van der Waals surface area contributed by atoms with E-state index in [1.165, 1.54) is 0 Å². The van der Waals surface area contributed by atoms with Crippen molar-refractivity contribution in [3.63, 3.8) is 0 Å². The van der Waals surface area contributed by atoms with E-state index in [9.17, 15) is 8.42 Å². The molecule has 0 saturated carbocycles. The third kappa shape index (κ3) is 8.47. The smallest absolute Gasteiger partial charge is 0.150 e. The third-order valence-electron chi connectivity index (χ3n) is 1.98. The fraction of sp³-hybridized carbons (Fsp3) is 1.00. The summed E-state index contributed by atoms with van der Waals surface area (Å²) in [5, 5.41) is 3.21. The molecular weight excluding hydrogens is 200 g/mol. The van der Waals surface area contributed by atoms with Crippen LogP contribution in [0.25, 0.3) is 0 Å². The van der Waals surface area contributed by atoms with Gasteiger partial charge in [0.15, 0.2) is 0 Å². The molecule has 0 atom stereocenters. The van der Waals surface area contributed by atoms with Gasteiger partial charge in [-0.25, -0.2) is 8.42 Å². The summed E-state index contributed by atoms with van der Waals surface area (Å²) < 4.78 is 22.2. The summed E-state index contributed by atoms with van der Waals surface area (Å²) in [6, 6.07) is 0. The fourth-order valence-electron chi connectivity index (χ4n) is 0.989. The van der Waals surface area contributed by atoms with Crippen LogP contribution in [0.5, 0.6) is 0 Å². The predicted molar refractivity (Wildman–Crippen MR) is 60.4 cm³/mol. The molecule has 86 valence electrons. The van der Waals surface area contributed by atoms with Gasteiger partial charge in [-0.2, -0.15) is 0 Å². The number of sulfone groups is 1. The lowest BCUT2D eigenvalue weighted by Crippen LogP contribution is -2.28. The van der Waals surface area contributed by atoms with Crippen LogP contribution in [0.4, 0.5) is 0 Å². The van der Waals surface area contributed by atoms with E-state index in [2.05, 4.69) is 10.2 Å². The zero-order valence-electron chi connectivity index (χ0n) is 9.41. The van der Waals surface area contributed by atoms with Crippen LogP contribution in [0, 0.1) is 0 Å². The molecular formula is C9H22N2O2S. The minimum absolute atomic E-state index is 0.255. The van der Waals surface area contributed by atoms with E-state index in [0.29, 0.717) is 12.2 Å². The molecule has 0 aromatic rings. The fourth-order valence-corrected chi connectivity index (χ4v) is 1.86. The van der Waals surface area contributed by atoms with Gasteiger partial charge >= 0.3 is 0 Å². The summed E-state index contributed by atoms with van der Waals surface area (Å²) in [6.07, 6.45) is 0.712. The normalized spacial score (nSPS) is 12.3. The van der Waals surface area contributed by atoms with Gasteiger partial charge in [-0.1, -0.05) is 6.92 Å². The Morgan fingerprint density at radius 2 is 1.86 bits per heavy atom. The first-order valence-corrected chi connectivity index (χ1v) is 6.86. The van der Waals surface area contributed by atoms with Crippen LogP contribution < -0.4 is 5.32 Å². The molecule has 1 N–H and O–H groups in total. The maximum absolute atomic E-state index is 11.1.